The fourth-order valence-corrected chi connectivity index (χ4v) is 6.22. The van der Waals surface area contributed by atoms with Crippen molar-refractivity contribution >= 4 is 17.5 Å². The second-order valence-electron chi connectivity index (χ2n) is 9.13. The van der Waals surface area contributed by atoms with Crippen molar-refractivity contribution in [1.29, 1.82) is 0 Å². The minimum Gasteiger partial charge on any atom is -0.495 e. The Labute approximate surface area is 161 Å². The Morgan fingerprint density at radius 3 is 2.22 bits per heavy atom. The number of methoxy groups -OCH3 is 1. The Morgan fingerprint density at radius 1 is 1.07 bits per heavy atom. The van der Waals surface area contributed by atoms with Gasteiger partial charge in [-0.2, -0.15) is 0 Å². The largest absolute Gasteiger partial charge is 0.495 e. The van der Waals surface area contributed by atoms with Gasteiger partial charge in [0.05, 0.1) is 12.8 Å². The first-order chi connectivity index (χ1) is 12.9. The molecule has 1 unspecified atom stereocenters. The summed E-state index contributed by atoms with van der Waals surface area (Å²) < 4.78 is 5.28. The number of hydrogen-bond donors (Lipinski definition) is 2. The van der Waals surface area contributed by atoms with Crippen LogP contribution in [0.5, 0.6) is 5.75 Å². The third-order valence-electron chi connectivity index (χ3n) is 7.16. The zero-order valence-corrected chi connectivity index (χ0v) is 16.5. The molecule has 5 rings (SSSR count). The molecule has 0 spiro atoms. The molecule has 5 heteroatoms. The molecule has 4 fully saturated rings. The topological polar surface area (TPSA) is 67.4 Å². The molecule has 1 atom stereocenters. The van der Waals surface area contributed by atoms with E-state index in [1.807, 2.05) is 19.1 Å². The molecule has 0 heterocycles. The predicted molar refractivity (Wildman–Crippen MR) is 105 cm³/mol. The van der Waals surface area contributed by atoms with Gasteiger partial charge in [0.15, 0.2) is 0 Å². The van der Waals surface area contributed by atoms with Crippen molar-refractivity contribution in [2.75, 3.05) is 12.4 Å². The first kappa shape index (κ1) is 18.3. The van der Waals surface area contributed by atoms with Crippen LogP contribution >= 0.6 is 0 Å². The van der Waals surface area contributed by atoms with Crippen LogP contribution in [0.1, 0.15) is 51.0 Å². The lowest BCUT2D eigenvalue weighted by molar-refractivity contribution is -0.138. The Bertz CT molecular complexity index is 723. The van der Waals surface area contributed by atoms with E-state index in [9.17, 15) is 9.59 Å². The van der Waals surface area contributed by atoms with Gasteiger partial charge in [-0.05, 0) is 93.2 Å². The molecule has 1 aromatic carbocycles. The minimum absolute atomic E-state index is 0.0311. The van der Waals surface area contributed by atoms with Crippen molar-refractivity contribution in [3.05, 3.63) is 23.8 Å². The lowest BCUT2D eigenvalue weighted by Gasteiger charge is -2.59. The second kappa shape index (κ2) is 6.84. The third-order valence-corrected chi connectivity index (χ3v) is 7.16. The van der Waals surface area contributed by atoms with E-state index in [4.69, 9.17) is 4.74 Å². The Kier molecular flexibility index (Phi) is 4.65. The van der Waals surface area contributed by atoms with Crippen LogP contribution in [-0.4, -0.2) is 25.0 Å². The molecule has 27 heavy (non-hydrogen) atoms. The van der Waals surface area contributed by atoms with Gasteiger partial charge in [-0.15, -0.1) is 0 Å². The molecule has 4 aliphatic carbocycles. The van der Waals surface area contributed by atoms with Gasteiger partial charge in [0.2, 0.25) is 0 Å². The number of ether oxygens (including phenoxy) is 1. The van der Waals surface area contributed by atoms with Crippen LogP contribution in [0.25, 0.3) is 0 Å². The van der Waals surface area contributed by atoms with Crippen molar-refractivity contribution in [1.82, 2.24) is 5.32 Å². The van der Waals surface area contributed by atoms with Gasteiger partial charge in [0, 0.05) is 6.04 Å². The van der Waals surface area contributed by atoms with E-state index in [2.05, 4.69) is 17.6 Å². The van der Waals surface area contributed by atoms with Gasteiger partial charge >= 0.3 is 11.8 Å². The summed E-state index contributed by atoms with van der Waals surface area (Å²) in [7, 11) is 1.55. The van der Waals surface area contributed by atoms with Crippen LogP contribution in [0.4, 0.5) is 5.69 Å². The highest BCUT2D eigenvalue weighted by Gasteiger charge is 2.53. The number of carbonyl (C=O) groups excluding carboxylic acids is 2. The van der Waals surface area contributed by atoms with Crippen LogP contribution in [0.2, 0.25) is 0 Å². The molecule has 2 amide bonds. The maximum Gasteiger partial charge on any atom is 0.313 e. The molecule has 146 valence electrons. The first-order valence-corrected chi connectivity index (χ1v) is 10.1. The minimum atomic E-state index is -0.629. The summed E-state index contributed by atoms with van der Waals surface area (Å²) >= 11 is 0. The monoisotopic (exact) mass is 370 g/mol. The predicted octanol–water partition coefficient (Wildman–Crippen LogP) is 3.66. The summed E-state index contributed by atoms with van der Waals surface area (Å²) in [5.74, 6) is 1.83. The molecule has 0 saturated heterocycles. The Balaban J connectivity index is 1.42. The van der Waals surface area contributed by atoms with Crippen molar-refractivity contribution in [2.45, 2.75) is 58.4 Å². The summed E-state index contributed by atoms with van der Waals surface area (Å²) in [5, 5.41) is 5.72. The number of aryl methyl sites for hydroxylation is 1. The molecule has 4 bridgehead atoms. The highest BCUT2D eigenvalue weighted by atomic mass is 16.5. The van der Waals surface area contributed by atoms with Crippen LogP contribution in [0.3, 0.4) is 0 Å². The number of benzene rings is 1. The molecule has 0 aliphatic heterocycles. The molecule has 1 aromatic rings. The van der Waals surface area contributed by atoms with Gasteiger partial charge < -0.3 is 15.4 Å². The fraction of sp³-hybridized carbons (Fsp3) is 0.636. The Morgan fingerprint density at radius 2 is 1.67 bits per heavy atom. The Hall–Kier alpha value is -2.04. The molecule has 2 N–H and O–H groups in total. The lowest BCUT2D eigenvalue weighted by atomic mass is 9.48. The van der Waals surface area contributed by atoms with E-state index in [1.165, 1.54) is 38.5 Å². The van der Waals surface area contributed by atoms with E-state index >= 15 is 0 Å². The normalized spacial score (nSPS) is 32.0. The number of anilines is 1. The maximum atomic E-state index is 12.6. The standard InChI is InChI=1S/C22H30N2O3/c1-13-4-5-19(27-3)18(6-13)24-21(26)20(25)23-14(2)22-10-15-7-16(11-22)9-17(8-15)12-22/h4-6,14-17H,7-12H2,1-3H3,(H,23,25)(H,24,26). The summed E-state index contributed by atoms with van der Waals surface area (Å²) in [4.78, 5) is 25.0. The van der Waals surface area contributed by atoms with E-state index < -0.39 is 11.8 Å². The van der Waals surface area contributed by atoms with Crippen molar-refractivity contribution in [3.63, 3.8) is 0 Å². The van der Waals surface area contributed by atoms with Crippen LogP contribution in [0.15, 0.2) is 18.2 Å². The maximum absolute atomic E-state index is 12.6. The molecule has 4 saturated carbocycles. The molecular weight excluding hydrogens is 340 g/mol. The number of nitrogens with one attached hydrogen (secondary N) is 2. The summed E-state index contributed by atoms with van der Waals surface area (Å²) in [5.41, 5.74) is 1.71. The van der Waals surface area contributed by atoms with Crippen LogP contribution < -0.4 is 15.4 Å². The van der Waals surface area contributed by atoms with Crippen LogP contribution in [0, 0.1) is 30.1 Å². The lowest BCUT2D eigenvalue weighted by Crippen LogP contribution is -2.57. The third kappa shape index (κ3) is 3.44. The zero-order valence-electron chi connectivity index (χ0n) is 16.5. The van der Waals surface area contributed by atoms with Gasteiger partial charge in [-0.1, -0.05) is 6.07 Å². The van der Waals surface area contributed by atoms with E-state index in [-0.39, 0.29) is 11.5 Å². The molecule has 5 nitrogen and oxygen atoms in total. The molecular formula is C22H30N2O3. The van der Waals surface area contributed by atoms with Gasteiger partial charge in [0.25, 0.3) is 0 Å². The van der Waals surface area contributed by atoms with Crippen LogP contribution in [-0.2, 0) is 9.59 Å². The fourth-order valence-electron chi connectivity index (χ4n) is 6.22. The number of rotatable bonds is 4. The number of amides is 2. The van der Waals surface area contributed by atoms with E-state index in [0.717, 1.165) is 23.3 Å². The highest BCUT2D eigenvalue weighted by molar-refractivity contribution is 6.39. The smallest absolute Gasteiger partial charge is 0.313 e. The number of hydrogen-bond acceptors (Lipinski definition) is 3. The van der Waals surface area contributed by atoms with Crippen molar-refractivity contribution < 1.29 is 14.3 Å². The van der Waals surface area contributed by atoms with E-state index in [1.54, 1.807) is 13.2 Å². The molecule has 4 aliphatic rings. The quantitative estimate of drug-likeness (QED) is 0.795. The SMILES string of the molecule is COc1ccc(C)cc1NC(=O)C(=O)NC(C)C12CC3CC(CC(C3)C1)C2. The average Bonchev–Trinajstić information content (AvgIpc) is 2.60. The van der Waals surface area contributed by atoms with E-state index in [0.29, 0.717) is 11.4 Å². The van der Waals surface area contributed by atoms with Crippen molar-refractivity contribution in [3.8, 4) is 5.75 Å². The van der Waals surface area contributed by atoms with Gasteiger partial charge in [-0.25, -0.2) is 0 Å². The second-order valence-corrected chi connectivity index (χ2v) is 9.13. The summed E-state index contributed by atoms with van der Waals surface area (Å²) in [6, 6.07) is 5.54. The summed E-state index contributed by atoms with van der Waals surface area (Å²) in [6.45, 7) is 4.02. The average molecular weight is 370 g/mol. The number of carbonyl (C=O) groups is 2. The zero-order chi connectivity index (χ0) is 19.2. The van der Waals surface area contributed by atoms with Gasteiger partial charge in [-0.3, -0.25) is 9.59 Å². The highest BCUT2D eigenvalue weighted by Crippen LogP contribution is 2.61. The van der Waals surface area contributed by atoms with Crippen molar-refractivity contribution in [2.24, 2.45) is 23.2 Å². The molecule has 0 radical (unpaired) electrons. The summed E-state index contributed by atoms with van der Waals surface area (Å²) in [6.07, 6.45) is 7.71. The van der Waals surface area contributed by atoms with Gasteiger partial charge in [0.1, 0.15) is 5.75 Å². The molecule has 0 aromatic heterocycles. The first-order valence-electron chi connectivity index (χ1n) is 10.1.